The minimum Gasteiger partial charge on any atom is -0.510 e. The van der Waals surface area contributed by atoms with Crippen LogP contribution in [0.25, 0.3) is 0 Å². The molecule has 5 atom stereocenters. The van der Waals surface area contributed by atoms with E-state index in [1.54, 1.807) is 19.0 Å². The second kappa shape index (κ2) is 10.7. The summed E-state index contributed by atoms with van der Waals surface area (Å²) in [5.74, 6) is -4.30. The van der Waals surface area contributed by atoms with Gasteiger partial charge < -0.3 is 25.8 Å². The summed E-state index contributed by atoms with van der Waals surface area (Å²) in [5, 5.41) is 31.3. The molecule has 1 aromatic rings. The van der Waals surface area contributed by atoms with Crippen molar-refractivity contribution in [1.82, 2.24) is 9.80 Å². The number of fused-ring (bicyclic) bond motifs is 3. The summed E-state index contributed by atoms with van der Waals surface area (Å²) in [6, 6.07) is 1.58. The number of benzene rings is 1. The Morgan fingerprint density at radius 3 is 2.44 bits per heavy atom. The number of nitrogens with zero attached hydrogens (tertiary/aromatic N) is 2. The van der Waals surface area contributed by atoms with Crippen molar-refractivity contribution < 1.29 is 44.0 Å². The highest BCUT2D eigenvalue weighted by Gasteiger charge is 2.61. The first-order valence-electron chi connectivity index (χ1n) is 12.6. The van der Waals surface area contributed by atoms with E-state index in [-0.39, 0.29) is 41.6 Å². The van der Waals surface area contributed by atoms with Crippen LogP contribution in [0.4, 0.5) is 4.79 Å². The van der Waals surface area contributed by atoms with Crippen LogP contribution in [-0.4, -0.2) is 100.0 Å². The van der Waals surface area contributed by atoms with Gasteiger partial charge in [0.15, 0.2) is 17.3 Å². The predicted molar refractivity (Wildman–Crippen MR) is 148 cm³/mol. The Bertz CT molecular complexity index is 1510. The van der Waals surface area contributed by atoms with E-state index in [0.29, 0.717) is 0 Å². The van der Waals surface area contributed by atoms with Crippen LogP contribution in [-0.2, 0) is 20.7 Å². The average Bonchev–Trinajstić information content (AvgIpc) is 2.89. The van der Waals surface area contributed by atoms with Gasteiger partial charge in [0.1, 0.15) is 28.0 Å². The van der Waals surface area contributed by atoms with Gasteiger partial charge in [-0.25, -0.2) is 4.79 Å². The van der Waals surface area contributed by atoms with E-state index in [2.05, 4.69) is 19.9 Å². The van der Waals surface area contributed by atoms with Crippen molar-refractivity contribution in [2.75, 3.05) is 34.3 Å². The second-order valence-corrected chi connectivity index (χ2v) is 11.4. The molecule has 5 N–H and O–H groups in total. The van der Waals surface area contributed by atoms with Crippen LogP contribution in [0.1, 0.15) is 32.7 Å². The summed E-state index contributed by atoms with van der Waals surface area (Å²) in [7, 11) is 6.64. The standard InChI is InChI=1S/C28H30N3O9P/c1-5-8-31(27(39)40-4)11-17(33)13-6-7-16(32)19-14(13)9-12-10-15-21(30(2)3)23(35)20(26(29)38)25(37)28(15,41)24(36)18(12)22(19)34/h1,6-7,12,15,21,32,35-36H,8-11,41H2,2-4H3,(H2,29,38)/t12-,15-,21-,28-/m0/s1. The molecule has 1 aromatic carbocycles. The van der Waals surface area contributed by atoms with E-state index in [1.807, 2.05) is 0 Å². The first kappa shape index (κ1) is 29.8. The Labute approximate surface area is 238 Å². The van der Waals surface area contributed by atoms with E-state index < -0.39 is 81.8 Å². The molecule has 0 saturated carbocycles. The molecule has 0 heterocycles. The summed E-state index contributed by atoms with van der Waals surface area (Å²) >= 11 is 0. The smallest absolute Gasteiger partial charge is 0.410 e. The number of ether oxygens (including phenoxy) is 1. The first-order chi connectivity index (χ1) is 19.2. The van der Waals surface area contributed by atoms with Crippen LogP contribution in [0.3, 0.4) is 0 Å². The van der Waals surface area contributed by atoms with Crippen LogP contribution in [0.2, 0.25) is 0 Å². The molecule has 0 aliphatic heterocycles. The Kier molecular flexibility index (Phi) is 7.74. The molecule has 0 radical (unpaired) electrons. The summed E-state index contributed by atoms with van der Waals surface area (Å²) in [6.45, 7) is -0.660. The molecule has 41 heavy (non-hydrogen) atoms. The molecular formula is C28H30N3O9P. The molecule has 0 bridgehead atoms. The van der Waals surface area contributed by atoms with Crippen LogP contribution in [0.5, 0.6) is 5.75 Å². The maximum absolute atomic E-state index is 13.9. The number of ketones is 3. The van der Waals surface area contributed by atoms with E-state index in [4.69, 9.17) is 12.2 Å². The number of amides is 2. The van der Waals surface area contributed by atoms with Crippen molar-refractivity contribution in [1.29, 1.82) is 0 Å². The van der Waals surface area contributed by atoms with Gasteiger partial charge in [-0.1, -0.05) is 5.92 Å². The van der Waals surface area contributed by atoms with Gasteiger partial charge in [0.25, 0.3) is 5.91 Å². The summed E-state index contributed by atoms with van der Waals surface area (Å²) < 4.78 is 4.69. The van der Waals surface area contributed by atoms with Gasteiger partial charge in [0.2, 0.25) is 0 Å². The lowest BCUT2D eigenvalue weighted by molar-refractivity contribution is -0.125. The molecule has 0 saturated heterocycles. The number of hydrogen-bond donors (Lipinski definition) is 4. The van der Waals surface area contributed by atoms with Crippen molar-refractivity contribution in [3.63, 3.8) is 0 Å². The van der Waals surface area contributed by atoms with Gasteiger partial charge in [-0.2, -0.15) is 0 Å². The van der Waals surface area contributed by atoms with E-state index in [9.17, 15) is 39.3 Å². The molecule has 3 aliphatic carbocycles. The molecule has 12 nitrogen and oxygen atoms in total. The van der Waals surface area contributed by atoms with Crippen molar-refractivity contribution in [2.24, 2.45) is 17.6 Å². The van der Waals surface area contributed by atoms with Crippen LogP contribution in [0.15, 0.2) is 34.8 Å². The topological polar surface area (TPSA) is 188 Å². The van der Waals surface area contributed by atoms with Gasteiger partial charge in [-0.15, -0.1) is 15.7 Å². The fourth-order valence-electron chi connectivity index (χ4n) is 6.26. The lowest BCUT2D eigenvalue weighted by atomic mass is 9.60. The number of phenolic OH excluding ortho intramolecular Hbond substituents is 1. The quantitative estimate of drug-likeness (QED) is 0.162. The van der Waals surface area contributed by atoms with Crippen LogP contribution in [0, 0.1) is 24.2 Å². The summed E-state index contributed by atoms with van der Waals surface area (Å²) in [6.07, 6.45) is 4.61. The number of aliphatic hydroxyl groups excluding tert-OH is 2. The molecule has 3 aliphatic rings. The lowest BCUT2D eigenvalue weighted by Crippen LogP contribution is -2.60. The van der Waals surface area contributed by atoms with Crippen molar-refractivity contribution in [3.8, 4) is 18.1 Å². The Hall–Kier alpha value is -4.20. The van der Waals surface area contributed by atoms with Gasteiger partial charge in [-0.05, 0) is 50.6 Å². The highest BCUT2D eigenvalue weighted by atomic mass is 31.0. The second-order valence-electron chi connectivity index (χ2n) is 10.5. The lowest BCUT2D eigenvalue weighted by Gasteiger charge is -2.51. The largest absolute Gasteiger partial charge is 0.510 e. The summed E-state index contributed by atoms with van der Waals surface area (Å²) in [5.41, 5.74) is 4.69. The minimum atomic E-state index is -1.86. The molecule has 1 unspecified atom stereocenters. The van der Waals surface area contributed by atoms with Gasteiger partial charge in [0, 0.05) is 17.1 Å². The fraction of sp³-hybridized carbons (Fsp3) is 0.393. The number of carbonyl (C=O) groups excluding carboxylic acids is 5. The number of primary amides is 1. The molecule has 216 valence electrons. The zero-order valence-corrected chi connectivity index (χ0v) is 23.8. The van der Waals surface area contributed by atoms with E-state index in [0.717, 1.165) is 18.1 Å². The fourth-order valence-corrected chi connectivity index (χ4v) is 6.88. The number of nitrogens with two attached hydrogens (primary N) is 1. The maximum atomic E-state index is 13.9. The number of aromatic hydroxyl groups is 1. The number of hydrogen-bond acceptors (Lipinski definition) is 10. The number of likely N-dealkylation sites (N-methyl/N-ethyl adjacent to an activating group) is 1. The van der Waals surface area contributed by atoms with Crippen LogP contribution < -0.4 is 5.73 Å². The number of Topliss-reactive ketones (excluding diaryl/α,β-unsaturated/α-hetero) is 3. The first-order valence-corrected chi connectivity index (χ1v) is 13.2. The normalized spacial score (nSPS) is 25.2. The third kappa shape index (κ3) is 4.46. The molecule has 0 aromatic heterocycles. The van der Waals surface area contributed by atoms with E-state index >= 15 is 0 Å². The number of phenols is 1. The highest BCUT2D eigenvalue weighted by Crippen LogP contribution is 2.56. The molecule has 4 rings (SSSR count). The van der Waals surface area contributed by atoms with Crippen LogP contribution >= 0.6 is 9.24 Å². The zero-order valence-electron chi connectivity index (χ0n) is 22.6. The monoisotopic (exact) mass is 583 g/mol. The minimum absolute atomic E-state index is 0.0159. The maximum Gasteiger partial charge on any atom is 0.410 e. The van der Waals surface area contributed by atoms with Gasteiger partial charge in [-0.3, -0.25) is 29.0 Å². The third-order valence-corrected chi connectivity index (χ3v) is 9.03. The number of terminal acetylenes is 1. The van der Waals surface area contributed by atoms with E-state index in [1.165, 1.54) is 6.07 Å². The Balaban J connectivity index is 1.86. The Morgan fingerprint density at radius 2 is 1.88 bits per heavy atom. The van der Waals surface area contributed by atoms with Crippen molar-refractivity contribution in [2.45, 2.75) is 24.0 Å². The highest BCUT2D eigenvalue weighted by molar-refractivity contribution is 7.22. The Morgan fingerprint density at radius 1 is 1.22 bits per heavy atom. The number of methoxy groups -OCH3 is 1. The molecule has 0 spiro atoms. The molecule has 2 amide bonds. The van der Waals surface area contributed by atoms with Gasteiger partial charge >= 0.3 is 6.09 Å². The number of carbonyl (C=O) groups is 5. The average molecular weight is 584 g/mol. The van der Waals surface area contributed by atoms with Crippen molar-refractivity contribution >= 4 is 38.6 Å². The number of rotatable bonds is 6. The van der Waals surface area contributed by atoms with Gasteiger partial charge in [0.05, 0.1) is 31.8 Å². The van der Waals surface area contributed by atoms with Crippen molar-refractivity contribution in [3.05, 3.63) is 51.5 Å². The summed E-state index contributed by atoms with van der Waals surface area (Å²) in [4.78, 5) is 67.7. The molecule has 13 heteroatoms. The predicted octanol–water partition coefficient (Wildman–Crippen LogP) is 0.888. The number of aliphatic hydroxyl groups is 2. The SMILES string of the molecule is C#CCN(CC(=O)c1ccc(O)c2c1C[C@H]1C[C@H]3[C@H](N(C)C)C(O)=C(C(N)=O)C(=O)[C@@]3(P)C(O)=C1C2=O)C(=O)OC. The molecular weight excluding hydrogens is 553 g/mol. The zero-order chi connectivity index (χ0) is 30.5. The number of allylic oxidation sites excluding steroid dienone is 2. The molecule has 0 fully saturated rings. The third-order valence-electron chi connectivity index (χ3n) is 8.06.